The Hall–Kier alpha value is -0.980. The van der Waals surface area contributed by atoms with Crippen LogP contribution in [-0.4, -0.2) is 57.1 Å². The number of hydrogen-bond acceptors (Lipinski definition) is 5. The first kappa shape index (κ1) is 13.5. The van der Waals surface area contributed by atoms with Crippen LogP contribution in [0.2, 0.25) is 0 Å². The van der Waals surface area contributed by atoms with Crippen molar-refractivity contribution in [3.8, 4) is 0 Å². The van der Waals surface area contributed by atoms with Crippen molar-refractivity contribution in [2.24, 2.45) is 5.92 Å². The predicted octanol–water partition coefficient (Wildman–Crippen LogP) is -0.300. The van der Waals surface area contributed by atoms with Gasteiger partial charge in [-0.05, 0) is 12.5 Å². The van der Waals surface area contributed by atoms with Crippen LogP contribution in [0, 0.1) is 5.92 Å². The molecule has 1 aliphatic rings. The summed E-state index contributed by atoms with van der Waals surface area (Å²) in [6, 6.07) is 0. The second-order valence-corrected chi connectivity index (χ2v) is 5.38. The van der Waals surface area contributed by atoms with Gasteiger partial charge in [0.15, 0.2) is 0 Å². The highest BCUT2D eigenvalue weighted by Gasteiger charge is 2.19. The lowest BCUT2D eigenvalue weighted by Crippen LogP contribution is -2.42. The average molecular weight is 253 g/mol. The van der Waals surface area contributed by atoms with Crippen molar-refractivity contribution < 1.29 is 5.11 Å². The first-order valence-electron chi connectivity index (χ1n) is 6.63. The largest absolute Gasteiger partial charge is 0.390 e. The van der Waals surface area contributed by atoms with E-state index in [9.17, 15) is 5.11 Å². The van der Waals surface area contributed by atoms with Gasteiger partial charge in [0.05, 0.1) is 12.6 Å². The van der Waals surface area contributed by atoms with Crippen LogP contribution in [0.1, 0.15) is 19.7 Å². The van der Waals surface area contributed by atoms with Crippen molar-refractivity contribution in [3.63, 3.8) is 0 Å². The van der Waals surface area contributed by atoms with E-state index in [-0.39, 0.29) is 6.10 Å². The molecule has 0 aliphatic carbocycles. The number of nitrogens with one attached hydrogen (secondary N) is 1. The fourth-order valence-corrected chi connectivity index (χ4v) is 2.17. The van der Waals surface area contributed by atoms with E-state index in [1.54, 1.807) is 6.33 Å². The van der Waals surface area contributed by atoms with Gasteiger partial charge in [-0.1, -0.05) is 13.8 Å². The number of aliphatic hydroxyl groups is 1. The fourth-order valence-electron chi connectivity index (χ4n) is 2.17. The molecule has 0 radical (unpaired) electrons. The number of aromatic nitrogens is 3. The van der Waals surface area contributed by atoms with Crippen molar-refractivity contribution in [2.75, 3.05) is 26.2 Å². The highest BCUT2D eigenvalue weighted by molar-refractivity contribution is 4.90. The zero-order chi connectivity index (χ0) is 13.0. The van der Waals surface area contributed by atoms with Gasteiger partial charge in [-0.3, -0.25) is 4.90 Å². The third-order valence-corrected chi connectivity index (χ3v) is 3.12. The van der Waals surface area contributed by atoms with E-state index in [2.05, 4.69) is 38.8 Å². The normalized spacial score (nSPS) is 18.0. The van der Waals surface area contributed by atoms with Gasteiger partial charge in [-0.25, -0.2) is 0 Å². The SMILES string of the molecule is CC(C)CNCC(O)CN1CCn2cnnc2C1. The summed E-state index contributed by atoms with van der Waals surface area (Å²) in [6.45, 7) is 9.26. The summed E-state index contributed by atoms with van der Waals surface area (Å²) in [6.07, 6.45) is 1.45. The lowest BCUT2D eigenvalue weighted by atomic mass is 10.2. The minimum absolute atomic E-state index is 0.321. The van der Waals surface area contributed by atoms with Crippen LogP contribution in [0.4, 0.5) is 0 Å². The summed E-state index contributed by atoms with van der Waals surface area (Å²) in [7, 11) is 0. The smallest absolute Gasteiger partial charge is 0.147 e. The summed E-state index contributed by atoms with van der Waals surface area (Å²) in [5.74, 6) is 1.61. The Balaban J connectivity index is 1.71. The Bertz CT molecular complexity index is 365. The molecule has 0 fully saturated rings. The third-order valence-electron chi connectivity index (χ3n) is 3.12. The van der Waals surface area contributed by atoms with Crippen LogP contribution in [0.15, 0.2) is 6.33 Å². The minimum Gasteiger partial charge on any atom is -0.390 e. The molecule has 6 nitrogen and oxygen atoms in total. The summed E-state index contributed by atoms with van der Waals surface area (Å²) >= 11 is 0. The number of β-amino-alcohol motifs (C(OH)–C–C–N with tert-alkyl or cyclic N) is 1. The van der Waals surface area contributed by atoms with E-state index in [0.717, 1.165) is 32.0 Å². The Labute approximate surface area is 108 Å². The molecule has 102 valence electrons. The van der Waals surface area contributed by atoms with Crippen LogP contribution in [-0.2, 0) is 13.1 Å². The van der Waals surface area contributed by atoms with Crippen LogP contribution < -0.4 is 5.32 Å². The van der Waals surface area contributed by atoms with Crippen LogP contribution in [0.5, 0.6) is 0 Å². The topological polar surface area (TPSA) is 66.2 Å². The Morgan fingerprint density at radius 2 is 2.22 bits per heavy atom. The maximum Gasteiger partial charge on any atom is 0.147 e. The monoisotopic (exact) mass is 253 g/mol. The zero-order valence-electron chi connectivity index (χ0n) is 11.2. The second kappa shape index (κ2) is 6.26. The molecule has 1 aromatic rings. The number of nitrogens with zero attached hydrogens (tertiary/aromatic N) is 4. The molecule has 1 unspecified atom stereocenters. The molecule has 2 heterocycles. The lowest BCUT2D eigenvalue weighted by Gasteiger charge is -2.28. The van der Waals surface area contributed by atoms with Gasteiger partial charge in [0.25, 0.3) is 0 Å². The zero-order valence-corrected chi connectivity index (χ0v) is 11.2. The van der Waals surface area contributed by atoms with Crippen molar-refractivity contribution in [2.45, 2.75) is 33.0 Å². The van der Waals surface area contributed by atoms with Gasteiger partial charge in [-0.15, -0.1) is 10.2 Å². The quantitative estimate of drug-likeness (QED) is 0.729. The molecule has 2 rings (SSSR count). The van der Waals surface area contributed by atoms with Gasteiger partial charge in [0.1, 0.15) is 12.2 Å². The van der Waals surface area contributed by atoms with E-state index < -0.39 is 0 Å². The summed E-state index contributed by atoms with van der Waals surface area (Å²) in [4.78, 5) is 2.23. The number of rotatable bonds is 6. The number of hydrogen-bond donors (Lipinski definition) is 2. The molecule has 0 aromatic carbocycles. The van der Waals surface area contributed by atoms with Gasteiger partial charge in [0.2, 0.25) is 0 Å². The van der Waals surface area contributed by atoms with Gasteiger partial charge in [0, 0.05) is 26.2 Å². The van der Waals surface area contributed by atoms with Gasteiger partial charge >= 0.3 is 0 Å². The van der Waals surface area contributed by atoms with Crippen molar-refractivity contribution in [1.82, 2.24) is 25.0 Å². The van der Waals surface area contributed by atoms with Gasteiger partial charge < -0.3 is 15.0 Å². The van der Waals surface area contributed by atoms with E-state index in [4.69, 9.17) is 0 Å². The maximum atomic E-state index is 9.97. The van der Waals surface area contributed by atoms with E-state index in [0.29, 0.717) is 19.0 Å². The molecule has 0 spiro atoms. The molecule has 1 atom stereocenters. The van der Waals surface area contributed by atoms with Gasteiger partial charge in [-0.2, -0.15) is 0 Å². The summed E-state index contributed by atoms with van der Waals surface area (Å²) < 4.78 is 2.07. The molecule has 0 saturated heterocycles. The lowest BCUT2D eigenvalue weighted by molar-refractivity contribution is 0.0948. The molecule has 18 heavy (non-hydrogen) atoms. The molecule has 1 aromatic heterocycles. The van der Waals surface area contributed by atoms with E-state index in [1.165, 1.54) is 0 Å². The Morgan fingerprint density at radius 3 is 3.00 bits per heavy atom. The summed E-state index contributed by atoms with van der Waals surface area (Å²) in [5, 5.41) is 21.2. The molecule has 0 saturated carbocycles. The highest BCUT2D eigenvalue weighted by atomic mass is 16.3. The molecule has 1 aliphatic heterocycles. The van der Waals surface area contributed by atoms with Crippen LogP contribution >= 0.6 is 0 Å². The summed E-state index contributed by atoms with van der Waals surface area (Å²) in [5.41, 5.74) is 0. The number of fused-ring (bicyclic) bond motifs is 1. The fraction of sp³-hybridized carbons (Fsp3) is 0.833. The van der Waals surface area contributed by atoms with E-state index >= 15 is 0 Å². The first-order valence-corrected chi connectivity index (χ1v) is 6.63. The Kier molecular flexibility index (Phi) is 4.68. The van der Waals surface area contributed by atoms with Crippen molar-refractivity contribution in [1.29, 1.82) is 0 Å². The van der Waals surface area contributed by atoms with E-state index in [1.807, 2.05) is 0 Å². The first-order chi connectivity index (χ1) is 8.65. The second-order valence-electron chi connectivity index (χ2n) is 5.38. The van der Waals surface area contributed by atoms with Crippen molar-refractivity contribution in [3.05, 3.63) is 12.2 Å². The van der Waals surface area contributed by atoms with Crippen molar-refractivity contribution >= 4 is 0 Å². The third kappa shape index (κ3) is 3.76. The number of aliphatic hydroxyl groups excluding tert-OH is 1. The molecule has 2 N–H and O–H groups in total. The maximum absolute atomic E-state index is 9.97. The molecule has 0 bridgehead atoms. The standard InChI is InChI=1S/C12H23N5O/c1-10(2)5-13-6-11(18)7-16-3-4-17-9-14-15-12(17)8-16/h9-11,13,18H,3-8H2,1-2H3. The average Bonchev–Trinajstić information content (AvgIpc) is 2.75. The molecular weight excluding hydrogens is 230 g/mol. The molecular formula is C12H23N5O. The minimum atomic E-state index is -0.321. The Morgan fingerprint density at radius 1 is 1.39 bits per heavy atom. The predicted molar refractivity (Wildman–Crippen MR) is 69.0 cm³/mol. The highest BCUT2D eigenvalue weighted by Crippen LogP contribution is 2.09. The molecule has 6 heteroatoms. The van der Waals surface area contributed by atoms with Crippen LogP contribution in [0.25, 0.3) is 0 Å². The molecule has 0 amide bonds. The van der Waals surface area contributed by atoms with Crippen LogP contribution in [0.3, 0.4) is 0 Å².